The zero-order valence-electron chi connectivity index (χ0n) is 21.5. The summed E-state index contributed by atoms with van der Waals surface area (Å²) in [4.78, 5) is 32.1. The first-order chi connectivity index (χ1) is 18.7. The maximum absolute atomic E-state index is 13.8. The van der Waals surface area contributed by atoms with E-state index < -0.39 is 12.0 Å². The first-order valence-electron chi connectivity index (χ1n) is 12.1. The molecule has 1 atom stereocenters. The Labute approximate surface area is 238 Å². The van der Waals surface area contributed by atoms with Gasteiger partial charge in [0, 0.05) is 16.7 Å². The normalized spacial score (nSPS) is 15.4. The molecule has 0 spiro atoms. The third-order valence-electron chi connectivity index (χ3n) is 6.11. The number of nitrogens with zero attached hydrogens (tertiary/aromatic N) is 2. The summed E-state index contributed by atoms with van der Waals surface area (Å²) in [6.45, 7) is 5.30. The maximum Gasteiger partial charge on any atom is 0.338 e. The summed E-state index contributed by atoms with van der Waals surface area (Å²) < 4.78 is 18.8. The molecule has 0 amide bonds. The lowest BCUT2D eigenvalue weighted by molar-refractivity contribution is -0.143. The summed E-state index contributed by atoms with van der Waals surface area (Å²) in [6, 6.07) is 15.1. The molecule has 2 aromatic carbocycles. The molecule has 0 fully saturated rings. The molecule has 0 aliphatic carbocycles. The lowest BCUT2D eigenvalue weighted by Crippen LogP contribution is -2.40. The van der Waals surface area contributed by atoms with Gasteiger partial charge in [0.1, 0.15) is 17.3 Å². The van der Waals surface area contributed by atoms with E-state index in [9.17, 15) is 9.59 Å². The van der Waals surface area contributed by atoms with E-state index in [0.29, 0.717) is 53.5 Å². The van der Waals surface area contributed by atoms with E-state index in [2.05, 4.69) is 4.99 Å². The van der Waals surface area contributed by atoms with Gasteiger partial charge in [-0.15, -0.1) is 0 Å². The van der Waals surface area contributed by atoms with Crippen molar-refractivity contribution in [3.05, 3.63) is 107 Å². The van der Waals surface area contributed by atoms with Gasteiger partial charge in [-0.25, -0.2) is 9.79 Å². The molecule has 10 heteroatoms. The highest BCUT2D eigenvalue weighted by Gasteiger charge is 2.33. The Hall–Kier alpha value is -3.59. The molecule has 200 valence electrons. The summed E-state index contributed by atoms with van der Waals surface area (Å²) in [5.74, 6) is 1.12. The number of thiazole rings is 1. The number of allylic oxidation sites excluding steroid dienone is 1. The highest BCUT2D eigenvalue weighted by molar-refractivity contribution is 7.07. The van der Waals surface area contributed by atoms with Gasteiger partial charge in [0.05, 0.1) is 40.1 Å². The minimum absolute atomic E-state index is 0.305. The molecule has 0 saturated carbocycles. The van der Waals surface area contributed by atoms with Crippen LogP contribution in [-0.4, -0.2) is 23.8 Å². The number of ether oxygens (including phenoxy) is 2. The first-order valence-corrected chi connectivity index (χ1v) is 13.7. The number of halogens is 2. The fraction of sp³-hybridized carbons (Fsp3) is 0.207. The number of benzene rings is 2. The Morgan fingerprint density at radius 3 is 2.56 bits per heavy atom. The topological polar surface area (TPSA) is 83.0 Å². The highest BCUT2D eigenvalue weighted by atomic mass is 35.5. The van der Waals surface area contributed by atoms with Crippen LogP contribution in [0, 0.1) is 0 Å². The van der Waals surface area contributed by atoms with Gasteiger partial charge in [0.2, 0.25) is 0 Å². The Morgan fingerprint density at radius 1 is 1.13 bits per heavy atom. The van der Waals surface area contributed by atoms with Gasteiger partial charge in [-0.3, -0.25) is 9.36 Å². The fourth-order valence-corrected chi connectivity index (χ4v) is 5.76. The van der Waals surface area contributed by atoms with Gasteiger partial charge < -0.3 is 13.9 Å². The van der Waals surface area contributed by atoms with Gasteiger partial charge >= 0.3 is 5.97 Å². The standard InChI is InChI=1S/C29H24Cl2N2O5S/c1-15(2)37-28(35)25-16(3)32-29-33(26(25)17-5-8-19(36-4)9-6-17)27(34)24(39-29)14-20-10-12-23(38-20)21-13-18(30)7-11-22(21)31/h5-15,26H,1-4H3/b24-14-. The van der Waals surface area contributed by atoms with Gasteiger partial charge in [-0.1, -0.05) is 46.7 Å². The number of esters is 1. The second kappa shape index (κ2) is 10.9. The van der Waals surface area contributed by atoms with E-state index in [-0.39, 0.29) is 11.7 Å². The summed E-state index contributed by atoms with van der Waals surface area (Å²) in [6.07, 6.45) is 1.32. The summed E-state index contributed by atoms with van der Waals surface area (Å²) in [5.41, 5.74) is 1.87. The van der Waals surface area contributed by atoms with E-state index in [4.69, 9.17) is 37.1 Å². The van der Waals surface area contributed by atoms with E-state index in [0.717, 1.165) is 5.56 Å². The van der Waals surface area contributed by atoms with Gasteiger partial charge in [0.15, 0.2) is 4.80 Å². The molecule has 0 saturated heterocycles. The van der Waals surface area contributed by atoms with Crippen molar-refractivity contribution in [2.24, 2.45) is 4.99 Å². The number of carbonyl (C=O) groups is 1. The van der Waals surface area contributed by atoms with Crippen LogP contribution in [0.3, 0.4) is 0 Å². The number of hydrogen-bond donors (Lipinski definition) is 0. The number of hydrogen-bond acceptors (Lipinski definition) is 7. The quantitative estimate of drug-likeness (QED) is 0.270. The van der Waals surface area contributed by atoms with Crippen molar-refractivity contribution in [3.8, 4) is 17.1 Å². The van der Waals surface area contributed by atoms with E-state index in [1.54, 1.807) is 76.4 Å². The molecule has 39 heavy (non-hydrogen) atoms. The number of furan rings is 1. The van der Waals surface area contributed by atoms with E-state index in [1.165, 1.54) is 15.9 Å². The van der Waals surface area contributed by atoms with Crippen molar-refractivity contribution in [3.63, 3.8) is 0 Å². The van der Waals surface area contributed by atoms with Crippen LogP contribution in [0.1, 0.15) is 38.1 Å². The number of fused-ring (bicyclic) bond motifs is 1. The summed E-state index contributed by atoms with van der Waals surface area (Å²) in [7, 11) is 1.58. The third-order valence-corrected chi connectivity index (χ3v) is 7.66. The third kappa shape index (κ3) is 5.32. The molecule has 1 unspecified atom stereocenters. The number of aromatic nitrogens is 1. The van der Waals surface area contributed by atoms with Crippen LogP contribution >= 0.6 is 34.5 Å². The molecule has 1 aliphatic rings. The molecule has 1 aliphatic heterocycles. The second-order valence-corrected chi connectivity index (χ2v) is 11.0. The fourth-order valence-electron chi connectivity index (χ4n) is 4.35. The molecule has 2 aromatic heterocycles. The van der Waals surface area contributed by atoms with Gasteiger partial charge in [-0.05, 0) is 68.8 Å². The average Bonchev–Trinajstić information content (AvgIpc) is 3.48. The Morgan fingerprint density at radius 2 is 1.87 bits per heavy atom. The Kier molecular flexibility index (Phi) is 7.53. The first kappa shape index (κ1) is 27.0. The summed E-state index contributed by atoms with van der Waals surface area (Å²) in [5, 5.41) is 1.02. The molecule has 0 N–H and O–H groups in total. The summed E-state index contributed by atoms with van der Waals surface area (Å²) >= 11 is 13.7. The van der Waals surface area contributed by atoms with Crippen LogP contribution in [0.15, 0.2) is 80.1 Å². The molecular weight excluding hydrogens is 559 g/mol. The van der Waals surface area contributed by atoms with Crippen molar-refractivity contribution < 1.29 is 18.7 Å². The predicted molar refractivity (Wildman–Crippen MR) is 152 cm³/mol. The average molecular weight is 583 g/mol. The minimum atomic E-state index is -0.724. The molecule has 7 nitrogen and oxygen atoms in total. The smallest absolute Gasteiger partial charge is 0.338 e. The van der Waals surface area contributed by atoms with Crippen LogP contribution in [-0.2, 0) is 9.53 Å². The van der Waals surface area contributed by atoms with E-state index in [1.807, 2.05) is 12.1 Å². The predicted octanol–water partition coefficient (Wildman–Crippen LogP) is 5.76. The second-order valence-electron chi connectivity index (χ2n) is 9.14. The molecule has 0 radical (unpaired) electrons. The molecular formula is C29H24Cl2N2O5S. The lowest BCUT2D eigenvalue weighted by Gasteiger charge is -2.25. The molecule has 4 aromatic rings. The van der Waals surface area contributed by atoms with E-state index >= 15 is 0 Å². The SMILES string of the molecule is COc1ccc(C2C(C(=O)OC(C)C)=C(C)N=c3s/c(=C\c4ccc(-c5cc(Cl)ccc5Cl)o4)c(=O)n32)cc1. The van der Waals surface area contributed by atoms with Crippen molar-refractivity contribution in [1.82, 2.24) is 4.57 Å². The minimum Gasteiger partial charge on any atom is -0.497 e. The van der Waals surface area contributed by atoms with Crippen LogP contribution < -0.4 is 19.6 Å². The Bertz CT molecular complexity index is 1780. The van der Waals surface area contributed by atoms with Crippen molar-refractivity contribution in [1.29, 1.82) is 0 Å². The van der Waals surface area contributed by atoms with Crippen molar-refractivity contribution >= 4 is 46.6 Å². The number of rotatable bonds is 6. The zero-order valence-corrected chi connectivity index (χ0v) is 23.9. The highest BCUT2D eigenvalue weighted by Crippen LogP contribution is 2.33. The van der Waals surface area contributed by atoms with Crippen molar-refractivity contribution in [2.45, 2.75) is 32.9 Å². The van der Waals surface area contributed by atoms with Crippen LogP contribution in [0.4, 0.5) is 0 Å². The van der Waals surface area contributed by atoms with Crippen molar-refractivity contribution in [2.75, 3.05) is 7.11 Å². The number of carbonyl (C=O) groups excluding carboxylic acids is 1. The largest absolute Gasteiger partial charge is 0.497 e. The lowest BCUT2D eigenvalue weighted by atomic mass is 9.96. The molecule has 5 rings (SSSR count). The number of methoxy groups -OCH3 is 1. The van der Waals surface area contributed by atoms with Gasteiger partial charge in [0.25, 0.3) is 5.56 Å². The van der Waals surface area contributed by atoms with Crippen LogP contribution in [0.25, 0.3) is 17.4 Å². The van der Waals surface area contributed by atoms with Crippen LogP contribution in [0.2, 0.25) is 10.0 Å². The zero-order chi connectivity index (χ0) is 27.8. The van der Waals surface area contributed by atoms with Crippen LogP contribution in [0.5, 0.6) is 5.75 Å². The Balaban J connectivity index is 1.63. The molecule has 0 bridgehead atoms. The maximum atomic E-state index is 13.8. The molecule has 3 heterocycles. The monoisotopic (exact) mass is 582 g/mol. The van der Waals surface area contributed by atoms with Gasteiger partial charge in [-0.2, -0.15) is 0 Å².